The second kappa shape index (κ2) is 6.63. The molecule has 1 fully saturated rings. The van der Waals surface area contributed by atoms with Crippen LogP contribution in [0.5, 0.6) is 0 Å². The quantitative estimate of drug-likeness (QED) is 0.857. The van der Waals surface area contributed by atoms with Gasteiger partial charge in [0.1, 0.15) is 0 Å². The van der Waals surface area contributed by atoms with E-state index in [0.29, 0.717) is 25.1 Å². The second-order valence-electron chi connectivity index (χ2n) is 4.72. The summed E-state index contributed by atoms with van der Waals surface area (Å²) in [7, 11) is 1.63. The van der Waals surface area contributed by atoms with Crippen molar-refractivity contribution >= 4 is 5.91 Å². The fourth-order valence-electron chi connectivity index (χ4n) is 2.48. The monoisotopic (exact) mass is 264 g/mol. The van der Waals surface area contributed by atoms with Crippen LogP contribution in [0.4, 0.5) is 0 Å². The maximum absolute atomic E-state index is 12.5. The van der Waals surface area contributed by atoms with E-state index >= 15 is 0 Å². The maximum Gasteiger partial charge on any atom is 0.256 e. The largest absolute Gasteiger partial charge is 0.394 e. The van der Waals surface area contributed by atoms with Crippen LogP contribution in [0.1, 0.15) is 28.9 Å². The number of hydrogen-bond donors (Lipinski definition) is 1. The Morgan fingerprint density at radius 3 is 3.21 bits per heavy atom. The van der Waals surface area contributed by atoms with Crippen LogP contribution in [0.2, 0.25) is 0 Å². The number of hydrogen-bond acceptors (Lipinski definition) is 4. The highest BCUT2D eigenvalue weighted by atomic mass is 16.5. The van der Waals surface area contributed by atoms with Crippen LogP contribution in [-0.2, 0) is 11.2 Å². The van der Waals surface area contributed by atoms with Crippen molar-refractivity contribution in [3.8, 4) is 0 Å². The molecule has 1 aromatic rings. The molecule has 5 nitrogen and oxygen atoms in total. The molecule has 0 aliphatic carbocycles. The van der Waals surface area contributed by atoms with Crippen LogP contribution in [0.15, 0.2) is 18.3 Å². The molecule has 1 aromatic heterocycles. The molecule has 5 heteroatoms. The number of aliphatic hydroxyl groups is 1. The van der Waals surface area contributed by atoms with Gasteiger partial charge in [0.05, 0.1) is 30.5 Å². The van der Waals surface area contributed by atoms with Gasteiger partial charge >= 0.3 is 0 Å². The summed E-state index contributed by atoms with van der Waals surface area (Å²) < 4.78 is 5.04. The molecule has 19 heavy (non-hydrogen) atoms. The average molecular weight is 264 g/mol. The smallest absolute Gasteiger partial charge is 0.256 e. The topological polar surface area (TPSA) is 62.7 Å². The van der Waals surface area contributed by atoms with Crippen LogP contribution in [0.25, 0.3) is 0 Å². The molecule has 1 atom stereocenters. The van der Waals surface area contributed by atoms with Crippen LogP contribution in [0.3, 0.4) is 0 Å². The number of methoxy groups -OCH3 is 1. The molecule has 1 aliphatic heterocycles. The molecule has 0 bridgehead atoms. The lowest BCUT2D eigenvalue weighted by atomic mass is 10.1. The van der Waals surface area contributed by atoms with Crippen molar-refractivity contribution in [3.05, 3.63) is 29.6 Å². The third kappa shape index (κ3) is 3.11. The molecule has 1 aliphatic rings. The Kier molecular flexibility index (Phi) is 4.87. The minimum absolute atomic E-state index is 0.0272. The van der Waals surface area contributed by atoms with Gasteiger partial charge in [-0.25, -0.2) is 0 Å². The molecule has 1 saturated heterocycles. The van der Waals surface area contributed by atoms with Crippen molar-refractivity contribution in [2.24, 2.45) is 0 Å². The first-order valence-electron chi connectivity index (χ1n) is 6.62. The summed E-state index contributed by atoms with van der Waals surface area (Å²) in [5.41, 5.74) is 1.39. The normalized spacial score (nSPS) is 18.8. The number of aromatic nitrogens is 1. The number of pyridine rings is 1. The van der Waals surface area contributed by atoms with Gasteiger partial charge in [0.15, 0.2) is 0 Å². The average Bonchev–Trinajstić information content (AvgIpc) is 2.93. The van der Waals surface area contributed by atoms with Gasteiger partial charge in [0.25, 0.3) is 5.91 Å². The van der Waals surface area contributed by atoms with Gasteiger partial charge in [-0.15, -0.1) is 0 Å². The van der Waals surface area contributed by atoms with Gasteiger partial charge in [0.2, 0.25) is 0 Å². The summed E-state index contributed by atoms with van der Waals surface area (Å²) in [5, 5.41) is 9.31. The van der Waals surface area contributed by atoms with E-state index in [1.54, 1.807) is 30.3 Å². The molecular weight excluding hydrogens is 244 g/mol. The molecule has 0 aromatic carbocycles. The molecular formula is C14H20N2O3. The Morgan fingerprint density at radius 1 is 1.63 bits per heavy atom. The lowest BCUT2D eigenvalue weighted by Gasteiger charge is -2.23. The van der Waals surface area contributed by atoms with Crippen molar-refractivity contribution in [3.63, 3.8) is 0 Å². The van der Waals surface area contributed by atoms with E-state index in [2.05, 4.69) is 4.98 Å². The maximum atomic E-state index is 12.5. The second-order valence-corrected chi connectivity index (χ2v) is 4.72. The number of carbonyl (C=O) groups excluding carboxylic acids is 1. The SMILES string of the molecule is COCCc1ncccc1C(=O)N1CCC[C@H]1CO. The van der Waals surface area contributed by atoms with Crippen molar-refractivity contribution in [2.75, 3.05) is 26.9 Å². The van der Waals surface area contributed by atoms with Gasteiger partial charge in [-0.3, -0.25) is 9.78 Å². The summed E-state index contributed by atoms with van der Waals surface area (Å²) in [4.78, 5) is 18.6. The summed E-state index contributed by atoms with van der Waals surface area (Å²) >= 11 is 0. The zero-order chi connectivity index (χ0) is 13.7. The van der Waals surface area contributed by atoms with Crippen molar-refractivity contribution < 1.29 is 14.6 Å². The van der Waals surface area contributed by atoms with E-state index < -0.39 is 0 Å². The van der Waals surface area contributed by atoms with E-state index in [0.717, 1.165) is 18.5 Å². The highest BCUT2D eigenvalue weighted by Gasteiger charge is 2.29. The van der Waals surface area contributed by atoms with E-state index in [-0.39, 0.29) is 18.6 Å². The Bertz CT molecular complexity index is 436. The predicted octanol–water partition coefficient (Wildman–Crippen LogP) is 0.867. The number of carbonyl (C=O) groups is 1. The van der Waals surface area contributed by atoms with E-state index in [9.17, 15) is 9.90 Å². The van der Waals surface area contributed by atoms with Gasteiger partial charge in [-0.1, -0.05) is 0 Å². The molecule has 0 saturated carbocycles. The molecule has 0 spiro atoms. The van der Waals surface area contributed by atoms with Gasteiger partial charge in [-0.2, -0.15) is 0 Å². The number of aliphatic hydroxyl groups excluding tert-OH is 1. The zero-order valence-corrected chi connectivity index (χ0v) is 11.2. The van der Waals surface area contributed by atoms with Crippen LogP contribution >= 0.6 is 0 Å². The van der Waals surface area contributed by atoms with Gasteiger partial charge in [0, 0.05) is 26.3 Å². The van der Waals surface area contributed by atoms with Crippen molar-refractivity contribution in [1.82, 2.24) is 9.88 Å². The first-order valence-corrected chi connectivity index (χ1v) is 6.62. The zero-order valence-electron chi connectivity index (χ0n) is 11.2. The number of ether oxygens (including phenoxy) is 1. The fraction of sp³-hybridized carbons (Fsp3) is 0.571. The molecule has 2 heterocycles. The minimum atomic E-state index is -0.0528. The van der Waals surface area contributed by atoms with E-state index in [4.69, 9.17) is 4.74 Å². The number of rotatable bonds is 5. The Hall–Kier alpha value is -1.46. The molecule has 104 valence electrons. The summed E-state index contributed by atoms with van der Waals surface area (Å²) in [5.74, 6) is -0.0317. The van der Waals surface area contributed by atoms with Crippen molar-refractivity contribution in [1.29, 1.82) is 0 Å². The summed E-state index contributed by atoms with van der Waals surface area (Å²) in [6.07, 6.45) is 4.13. The first kappa shape index (κ1) is 14.0. The number of likely N-dealkylation sites (tertiary alicyclic amines) is 1. The first-order chi connectivity index (χ1) is 9.27. The predicted molar refractivity (Wildman–Crippen MR) is 71.0 cm³/mol. The Balaban J connectivity index is 2.18. The number of nitrogens with zero attached hydrogens (tertiary/aromatic N) is 2. The highest BCUT2D eigenvalue weighted by Crippen LogP contribution is 2.20. The molecule has 1 N–H and O–H groups in total. The summed E-state index contributed by atoms with van der Waals surface area (Å²) in [6, 6.07) is 3.52. The molecule has 2 rings (SSSR count). The summed E-state index contributed by atoms with van der Waals surface area (Å²) in [6.45, 7) is 1.28. The van der Waals surface area contributed by atoms with E-state index in [1.165, 1.54) is 0 Å². The number of amides is 1. The third-order valence-electron chi connectivity index (χ3n) is 3.51. The third-order valence-corrected chi connectivity index (χ3v) is 3.51. The lowest BCUT2D eigenvalue weighted by molar-refractivity contribution is 0.0675. The van der Waals surface area contributed by atoms with Gasteiger partial charge in [-0.05, 0) is 25.0 Å². The van der Waals surface area contributed by atoms with E-state index in [1.807, 2.05) is 0 Å². The van der Waals surface area contributed by atoms with Crippen LogP contribution < -0.4 is 0 Å². The highest BCUT2D eigenvalue weighted by molar-refractivity contribution is 5.95. The van der Waals surface area contributed by atoms with Crippen LogP contribution in [0, 0.1) is 0 Å². The minimum Gasteiger partial charge on any atom is -0.394 e. The van der Waals surface area contributed by atoms with Gasteiger partial charge < -0.3 is 14.7 Å². The van der Waals surface area contributed by atoms with Crippen molar-refractivity contribution in [2.45, 2.75) is 25.3 Å². The molecule has 0 unspecified atom stereocenters. The standard InChI is InChI=1S/C14H20N2O3/c1-19-9-6-13-12(5-2-7-15-13)14(18)16-8-3-4-11(16)10-17/h2,5,7,11,17H,3-4,6,8-10H2,1H3/t11-/m0/s1. The lowest BCUT2D eigenvalue weighted by Crippen LogP contribution is -2.38. The molecule has 0 radical (unpaired) electrons. The fourth-order valence-corrected chi connectivity index (χ4v) is 2.48. The Labute approximate surface area is 113 Å². The van der Waals surface area contributed by atoms with Crippen LogP contribution in [-0.4, -0.2) is 53.8 Å². The molecule has 1 amide bonds. The Morgan fingerprint density at radius 2 is 2.47 bits per heavy atom.